The normalized spacial score (nSPS) is 10.5. The SMILES string of the molecule is C#Cc1cn(-c2ccc(C(=C)C)cc2)cc1-c1cccc(OCc2cccc(CC)c2)c1. The molecule has 0 fully saturated rings. The van der Waals surface area contributed by atoms with Crippen molar-refractivity contribution >= 4 is 5.57 Å². The zero-order valence-electron chi connectivity index (χ0n) is 18.6. The molecule has 2 nitrogen and oxygen atoms in total. The van der Waals surface area contributed by atoms with Gasteiger partial charge in [0.1, 0.15) is 12.4 Å². The Morgan fingerprint density at radius 3 is 2.44 bits per heavy atom. The second-order valence-corrected chi connectivity index (χ2v) is 7.95. The molecule has 0 spiro atoms. The number of terminal acetylenes is 1. The average molecular weight is 418 g/mol. The number of ether oxygens (including phenoxy) is 1. The van der Waals surface area contributed by atoms with E-state index in [2.05, 4.69) is 84.8 Å². The number of nitrogens with zero attached hydrogens (tertiary/aromatic N) is 1. The smallest absolute Gasteiger partial charge is 0.120 e. The van der Waals surface area contributed by atoms with Crippen LogP contribution in [-0.4, -0.2) is 4.57 Å². The fourth-order valence-corrected chi connectivity index (χ4v) is 3.73. The largest absolute Gasteiger partial charge is 0.489 e. The first-order chi connectivity index (χ1) is 15.6. The lowest BCUT2D eigenvalue weighted by Gasteiger charge is -2.09. The molecule has 0 saturated carbocycles. The van der Waals surface area contributed by atoms with Crippen LogP contribution in [0.15, 0.2) is 91.8 Å². The summed E-state index contributed by atoms with van der Waals surface area (Å²) >= 11 is 0. The molecule has 1 heterocycles. The summed E-state index contributed by atoms with van der Waals surface area (Å²) in [6.45, 7) is 8.71. The summed E-state index contributed by atoms with van der Waals surface area (Å²) < 4.78 is 8.15. The number of allylic oxidation sites excluding steroid dienone is 1. The van der Waals surface area contributed by atoms with Crippen LogP contribution in [0.1, 0.15) is 36.1 Å². The van der Waals surface area contributed by atoms with E-state index >= 15 is 0 Å². The van der Waals surface area contributed by atoms with Crippen molar-refractivity contribution in [1.82, 2.24) is 4.57 Å². The monoisotopic (exact) mass is 417 g/mol. The lowest BCUT2D eigenvalue weighted by Crippen LogP contribution is -1.96. The lowest BCUT2D eigenvalue weighted by atomic mass is 10.0. The van der Waals surface area contributed by atoms with Crippen LogP contribution >= 0.6 is 0 Å². The van der Waals surface area contributed by atoms with Gasteiger partial charge >= 0.3 is 0 Å². The molecule has 158 valence electrons. The maximum Gasteiger partial charge on any atom is 0.120 e. The third-order valence-corrected chi connectivity index (χ3v) is 5.59. The summed E-state index contributed by atoms with van der Waals surface area (Å²) in [5.41, 5.74) is 8.62. The molecule has 0 aliphatic carbocycles. The minimum atomic E-state index is 0.537. The van der Waals surface area contributed by atoms with E-state index in [-0.39, 0.29) is 0 Å². The summed E-state index contributed by atoms with van der Waals surface area (Å²) in [6, 6.07) is 24.9. The minimum Gasteiger partial charge on any atom is -0.489 e. The van der Waals surface area contributed by atoms with Crippen LogP contribution in [0.4, 0.5) is 0 Å². The molecule has 0 N–H and O–H groups in total. The first kappa shape index (κ1) is 21.3. The van der Waals surface area contributed by atoms with Crippen molar-refractivity contribution in [1.29, 1.82) is 0 Å². The molecule has 0 aliphatic rings. The van der Waals surface area contributed by atoms with Crippen LogP contribution < -0.4 is 4.74 Å². The van der Waals surface area contributed by atoms with Crippen molar-refractivity contribution in [2.45, 2.75) is 26.9 Å². The van der Waals surface area contributed by atoms with Gasteiger partial charge in [-0.05, 0) is 59.9 Å². The third-order valence-electron chi connectivity index (χ3n) is 5.59. The predicted octanol–water partition coefficient (Wildman–Crippen LogP) is 7.30. The van der Waals surface area contributed by atoms with Crippen molar-refractivity contribution in [3.05, 3.63) is 114 Å². The van der Waals surface area contributed by atoms with Gasteiger partial charge in [0.05, 0.1) is 5.56 Å². The van der Waals surface area contributed by atoms with Gasteiger partial charge in [-0.3, -0.25) is 0 Å². The molecular weight excluding hydrogens is 390 g/mol. The fraction of sp³-hybridized carbons (Fsp3) is 0.133. The molecule has 0 unspecified atom stereocenters. The number of rotatable bonds is 7. The molecule has 0 radical (unpaired) electrons. The van der Waals surface area contributed by atoms with E-state index in [9.17, 15) is 0 Å². The van der Waals surface area contributed by atoms with Gasteiger partial charge in [0.2, 0.25) is 0 Å². The van der Waals surface area contributed by atoms with Gasteiger partial charge < -0.3 is 9.30 Å². The number of hydrogen-bond donors (Lipinski definition) is 0. The Morgan fingerprint density at radius 2 is 1.72 bits per heavy atom. The van der Waals surface area contributed by atoms with E-state index < -0.39 is 0 Å². The van der Waals surface area contributed by atoms with E-state index in [0.717, 1.165) is 45.7 Å². The quantitative estimate of drug-likeness (QED) is 0.288. The van der Waals surface area contributed by atoms with Gasteiger partial charge in [0.25, 0.3) is 0 Å². The van der Waals surface area contributed by atoms with Crippen LogP contribution in [-0.2, 0) is 13.0 Å². The summed E-state index contributed by atoms with van der Waals surface area (Å²) in [4.78, 5) is 0. The van der Waals surface area contributed by atoms with Gasteiger partial charge in [-0.15, -0.1) is 6.42 Å². The molecule has 3 aromatic carbocycles. The number of hydrogen-bond acceptors (Lipinski definition) is 1. The van der Waals surface area contributed by atoms with Crippen molar-refractivity contribution < 1.29 is 4.74 Å². The minimum absolute atomic E-state index is 0.537. The van der Waals surface area contributed by atoms with Crippen molar-refractivity contribution in [3.8, 4) is 34.9 Å². The molecule has 0 amide bonds. The highest BCUT2D eigenvalue weighted by atomic mass is 16.5. The molecule has 0 aliphatic heterocycles. The molecule has 0 atom stereocenters. The van der Waals surface area contributed by atoms with Crippen molar-refractivity contribution in [3.63, 3.8) is 0 Å². The second-order valence-electron chi connectivity index (χ2n) is 7.95. The van der Waals surface area contributed by atoms with Gasteiger partial charge in [0.15, 0.2) is 0 Å². The standard InChI is InChI=1S/C30H27NO/c1-5-23-9-7-10-24(17-23)21-32-29-12-8-11-27(18-29)30-20-31(19-25(30)6-2)28-15-13-26(14-16-28)22(3)4/h2,7-20H,3,5,21H2,1,4H3. The Bertz CT molecular complexity index is 1290. The van der Waals surface area contributed by atoms with E-state index in [1.807, 2.05) is 31.3 Å². The first-order valence-corrected chi connectivity index (χ1v) is 10.8. The molecule has 32 heavy (non-hydrogen) atoms. The van der Waals surface area contributed by atoms with E-state index in [0.29, 0.717) is 6.61 Å². The van der Waals surface area contributed by atoms with Crippen LogP contribution in [0.25, 0.3) is 22.4 Å². The zero-order chi connectivity index (χ0) is 22.5. The second kappa shape index (κ2) is 9.45. The van der Waals surface area contributed by atoms with Crippen molar-refractivity contribution in [2.75, 3.05) is 0 Å². The Kier molecular flexibility index (Phi) is 6.29. The number of aromatic nitrogens is 1. The topological polar surface area (TPSA) is 14.2 Å². The van der Waals surface area contributed by atoms with Gasteiger partial charge in [-0.25, -0.2) is 0 Å². The Hall–Kier alpha value is -3.96. The summed E-state index contributed by atoms with van der Waals surface area (Å²) in [7, 11) is 0. The Morgan fingerprint density at radius 1 is 0.969 bits per heavy atom. The van der Waals surface area contributed by atoms with Gasteiger partial charge in [0, 0.05) is 23.6 Å². The summed E-state index contributed by atoms with van der Waals surface area (Å²) in [5, 5.41) is 0. The van der Waals surface area contributed by atoms with E-state index in [4.69, 9.17) is 11.2 Å². The van der Waals surface area contributed by atoms with Crippen LogP contribution in [0.2, 0.25) is 0 Å². The van der Waals surface area contributed by atoms with Crippen molar-refractivity contribution in [2.24, 2.45) is 0 Å². The van der Waals surface area contributed by atoms with E-state index in [1.54, 1.807) is 0 Å². The predicted molar refractivity (Wildman–Crippen MR) is 134 cm³/mol. The lowest BCUT2D eigenvalue weighted by molar-refractivity contribution is 0.306. The number of aryl methyl sites for hydroxylation is 1. The molecule has 0 saturated heterocycles. The molecule has 2 heteroatoms. The van der Waals surface area contributed by atoms with Gasteiger partial charge in [-0.2, -0.15) is 0 Å². The van der Waals surface area contributed by atoms with Crippen LogP contribution in [0.5, 0.6) is 5.75 Å². The first-order valence-electron chi connectivity index (χ1n) is 10.8. The summed E-state index contributed by atoms with van der Waals surface area (Å²) in [5.74, 6) is 3.65. The number of benzene rings is 3. The maximum absolute atomic E-state index is 6.09. The van der Waals surface area contributed by atoms with E-state index in [1.165, 1.54) is 11.1 Å². The average Bonchev–Trinajstić information content (AvgIpc) is 3.28. The Labute approximate surface area is 190 Å². The molecule has 4 rings (SSSR count). The highest BCUT2D eigenvalue weighted by molar-refractivity contribution is 5.72. The van der Waals surface area contributed by atoms with Gasteiger partial charge in [-0.1, -0.05) is 73.5 Å². The Balaban J connectivity index is 1.58. The molecular formula is C30H27NO. The highest BCUT2D eigenvalue weighted by Gasteiger charge is 2.10. The summed E-state index contributed by atoms with van der Waals surface area (Å²) in [6.07, 6.45) is 10.9. The molecule has 1 aromatic heterocycles. The maximum atomic E-state index is 6.09. The fourth-order valence-electron chi connectivity index (χ4n) is 3.73. The van der Waals surface area contributed by atoms with Crippen LogP contribution in [0.3, 0.4) is 0 Å². The zero-order valence-corrected chi connectivity index (χ0v) is 18.6. The highest BCUT2D eigenvalue weighted by Crippen LogP contribution is 2.29. The third kappa shape index (κ3) is 4.68. The molecule has 4 aromatic rings. The van der Waals surface area contributed by atoms with Crippen LogP contribution in [0, 0.1) is 12.3 Å². The molecule has 0 bridgehead atoms.